The van der Waals surface area contributed by atoms with Crippen LogP contribution in [0.3, 0.4) is 0 Å². The fourth-order valence-electron chi connectivity index (χ4n) is 3.13. The van der Waals surface area contributed by atoms with Crippen molar-refractivity contribution in [2.45, 2.75) is 32.1 Å². The monoisotopic (exact) mass is 255 g/mol. The van der Waals surface area contributed by atoms with Crippen molar-refractivity contribution in [1.29, 1.82) is 0 Å². The van der Waals surface area contributed by atoms with E-state index >= 15 is 0 Å². The van der Waals surface area contributed by atoms with Crippen LogP contribution in [0.4, 0.5) is 0 Å². The number of fused-ring (bicyclic) bond motifs is 1. The maximum atomic E-state index is 5.97. The van der Waals surface area contributed by atoms with Crippen LogP contribution in [0.1, 0.15) is 37.7 Å². The Morgan fingerprint density at radius 1 is 1.21 bits per heavy atom. The normalized spacial score (nSPS) is 18.1. The highest BCUT2D eigenvalue weighted by atomic mass is 16.3. The minimum Gasteiger partial charge on any atom is -0.464 e. The predicted octanol–water partition coefficient (Wildman–Crippen LogP) is 4.36. The highest BCUT2D eigenvalue weighted by Gasteiger charge is 2.17. The van der Waals surface area contributed by atoms with E-state index in [1.54, 1.807) is 0 Å². The van der Waals surface area contributed by atoms with Gasteiger partial charge in [0.2, 0.25) is 0 Å². The molecule has 1 fully saturated rings. The molecule has 2 nitrogen and oxygen atoms in total. The van der Waals surface area contributed by atoms with E-state index in [1.807, 2.05) is 18.4 Å². The SMILES string of the molecule is NC/C(=C/c1coc2ccccc12)C1CCCCC1. The lowest BCUT2D eigenvalue weighted by Crippen LogP contribution is -2.16. The molecule has 0 unspecified atom stereocenters. The summed E-state index contributed by atoms with van der Waals surface area (Å²) in [6.45, 7) is 0.657. The van der Waals surface area contributed by atoms with Gasteiger partial charge in [-0.1, -0.05) is 49.1 Å². The van der Waals surface area contributed by atoms with Crippen LogP contribution in [0, 0.1) is 5.92 Å². The first-order chi connectivity index (χ1) is 9.38. The van der Waals surface area contributed by atoms with Crippen LogP contribution in [0.2, 0.25) is 0 Å². The van der Waals surface area contributed by atoms with Crippen molar-refractivity contribution in [2.24, 2.45) is 11.7 Å². The van der Waals surface area contributed by atoms with Crippen molar-refractivity contribution >= 4 is 17.0 Å². The Morgan fingerprint density at radius 3 is 2.79 bits per heavy atom. The lowest BCUT2D eigenvalue weighted by atomic mass is 9.83. The Kier molecular flexibility index (Phi) is 3.69. The second-order valence-electron chi connectivity index (χ2n) is 5.45. The minimum absolute atomic E-state index is 0.657. The summed E-state index contributed by atoms with van der Waals surface area (Å²) in [5.74, 6) is 0.674. The Hall–Kier alpha value is -1.54. The summed E-state index contributed by atoms with van der Waals surface area (Å²) in [6.07, 6.45) is 10.7. The average molecular weight is 255 g/mol. The number of rotatable bonds is 3. The van der Waals surface area contributed by atoms with Crippen molar-refractivity contribution in [3.63, 3.8) is 0 Å². The lowest BCUT2D eigenvalue weighted by Gasteiger charge is -2.23. The molecule has 1 aromatic heterocycles. The first-order valence-corrected chi connectivity index (χ1v) is 7.25. The van der Waals surface area contributed by atoms with Crippen LogP contribution in [0.25, 0.3) is 17.0 Å². The molecule has 0 saturated heterocycles. The highest BCUT2D eigenvalue weighted by Crippen LogP contribution is 2.31. The highest BCUT2D eigenvalue weighted by molar-refractivity contribution is 5.87. The zero-order valence-corrected chi connectivity index (χ0v) is 11.3. The number of para-hydroxylation sites is 1. The lowest BCUT2D eigenvalue weighted by molar-refractivity contribution is 0.401. The van der Waals surface area contributed by atoms with Gasteiger partial charge >= 0.3 is 0 Å². The maximum Gasteiger partial charge on any atom is 0.134 e. The second-order valence-corrected chi connectivity index (χ2v) is 5.45. The van der Waals surface area contributed by atoms with Gasteiger partial charge in [0.05, 0.1) is 6.26 Å². The molecule has 2 heteroatoms. The summed E-state index contributed by atoms with van der Waals surface area (Å²) in [4.78, 5) is 0. The molecule has 0 aliphatic heterocycles. The molecule has 1 aromatic carbocycles. The van der Waals surface area contributed by atoms with E-state index in [4.69, 9.17) is 10.2 Å². The van der Waals surface area contributed by atoms with E-state index in [0.717, 1.165) is 5.58 Å². The van der Waals surface area contributed by atoms with Gasteiger partial charge in [-0.2, -0.15) is 0 Å². The van der Waals surface area contributed by atoms with Gasteiger partial charge in [0.25, 0.3) is 0 Å². The first kappa shape index (κ1) is 12.5. The van der Waals surface area contributed by atoms with Crippen LogP contribution in [0.5, 0.6) is 0 Å². The van der Waals surface area contributed by atoms with Crippen LogP contribution in [0.15, 0.2) is 40.5 Å². The Balaban J connectivity index is 1.93. The Labute approximate surface area is 114 Å². The average Bonchev–Trinajstić information content (AvgIpc) is 2.89. The summed E-state index contributed by atoms with van der Waals surface area (Å²) >= 11 is 0. The molecule has 1 heterocycles. The van der Waals surface area contributed by atoms with Crippen LogP contribution in [-0.4, -0.2) is 6.54 Å². The summed E-state index contributed by atoms with van der Waals surface area (Å²) in [5.41, 5.74) is 9.47. The molecule has 0 atom stereocenters. The van der Waals surface area contributed by atoms with E-state index in [-0.39, 0.29) is 0 Å². The zero-order valence-electron chi connectivity index (χ0n) is 11.3. The first-order valence-electron chi connectivity index (χ1n) is 7.25. The fraction of sp³-hybridized carbons (Fsp3) is 0.412. The molecule has 1 aliphatic rings. The summed E-state index contributed by atoms with van der Waals surface area (Å²) < 4.78 is 5.60. The molecular formula is C17H21NO. The van der Waals surface area contributed by atoms with Gasteiger partial charge in [-0.05, 0) is 24.8 Å². The van der Waals surface area contributed by atoms with Crippen molar-refractivity contribution in [3.8, 4) is 0 Å². The molecule has 0 radical (unpaired) electrons. The zero-order chi connectivity index (χ0) is 13.1. The smallest absolute Gasteiger partial charge is 0.134 e. The molecule has 1 saturated carbocycles. The number of hydrogen-bond acceptors (Lipinski definition) is 2. The third-order valence-electron chi connectivity index (χ3n) is 4.22. The third kappa shape index (κ3) is 2.59. The summed E-state index contributed by atoms with van der Waals surface area (Å²) in [5, 5.41) is 1.18. The fourth-order valence-corrected chi connectivity index (χ4v) is 3.13. The maximum absolute atomic E-state index is 5.97. The van der Waals surface area contributed by atoms with Crippen molar-refractivity contribution in [1.82, 2.24) is 0 Å². The van der Waals surface area contributed by atoms with E-state index in [2.05, 4.69) is 18.2 Å². The molecular weight excluding hydrogens is 234 g/mol. The second kappa shape index (κ2) is 5.62. The Morgan fingerprint density at radius 2 is 2.00 bits per heavy atom. The molecule has 100 valence electrons. The third-order valence-corrected chi connectivity index (χ3v) is 4.22. The van der Waals surface area contributed by atoms with Gasteiger partial charge in [0.1, 0.15) is 5.58 Å². The number of furan rings is 1. The number of benzene rings is 1. The van der Waals surface area contributed by atoms with Gasteiger partial charge < -0.3 is 10.2 Å². The van der Waals surface area contributed by atoms with Gasteiger partial charge in [-0.15, -0.1) is 0 Å². The van der Waals surface area contributed by atoms with Gasteiger partial charge in [-0.3, -0.25) is 0 Å². The number of hydrogen-bond donors (Lipinski definition) is 1. The molecule has 0 bridgehead atoms. The summed E-state index contributed by atoms with van der Waals surface area (Å²) in [6, 6.07) is 8.18. The molecule has 19 heavy (non-hydrogen) atoms. The van der Waals surface area contributed by atoms with E-state index in [9.17, 15) is 0 Å². The minimum atomic E-state index is 0.657. The molecule has 2 aromatic rings. The standard InChI is InChI=1S/C17H21NO/c18-11-14(13-6-2-1-3-7-13)10-15-12-19-17-9-5-4-8-16(15)17/h4-5,8-10,12-13H,1-3,6-7,11,18H2/b14-10-. The van der Waals surface area contributed by atoms with Crippen molar-refractivity contribution in [3.05, 3.63) is 41.7 Å². The topological polar surface area (TPSA) is 39.2 Å². The molecule has 0 amide bonds. The van der Waals surface area contributed by atoms with Crippen LogP contribution >= 0.6 is 0 Å². The van der Waals surface area contributed by atoms with E-state index < -0.39 is 0 Å². The quantitative estimate of drug-likeness (QED) is 0.885. The van der Waals surface area contributed by atoms with Crippen LogP contribution < -0.4 is 5.73 Å². The van der Waals surface area contributed by atoms with Crippen LogP contribution in [-0.2, 0) is 0 Å². The number of nitrogens with two attached hydrogens (primary N) is 1. The van der Waals surface area contributed by atoms with Gasteiger partial charge in [0, 0.05) is 17.5 Å². The van der Waals surface area contributed by atoms with Gasteiger partial charge in [-0.25, -0.2) is 0 Å². The van der Waals surface area contributed by atoms with E-state index in [1.165, 1.54) is 48.6 Å². The summed E-state index contributed by atoms with van der Waals surface area (Å²) in [7, 11) is 0. The predicted molar refractivity (Wildman–Crippen MR) is 79.8 cm³/mol. The molecule has 1 aliphatic carbocycles. The van der Waals surface area contributed by atoms with Crippen molar-refractivity contribution in [2.75, 3.05) is 6.54 Å². The largest absolute Gasteiger partial charge is 0.464 e. The Bertz CT molecular complexity index is 576. The molecule has 3 rings (SSSR count). The van der Waals surface area contributed by atoms with E-state index in [0.29, 0.717) is 12.5 Å². The molecule has 0 spiro atoms. The van der Waals surface area contributed by atoms with Gasteiger partial charge in [0.15, 0.2) is 0 Å². The molecule has 2 N–H and O–H groups in total. The van der Waals surface area contributed by atoms with Crippen molar-refractivity contribution < 1.29 is 4.42 Å².